The third-order valence-electron chi connectivity index (χ3n) is 6.07. The van der Waals surface area contributed by atoms with Crippen LogP contribution in [0.5, 0.6) is 5.75 Å². The summed E-state index contributed by atoms with van der Waals surface area (Å²) < 4.78 is 41.0. The predicted molar refractivity (Wildman–Crippen MR) is 157 cm³/mol. The molecule has 238 valence electrons. The Morgan fingerprint density at radius 3 is 2.70 bits per heavy atom. The van der Waals surface area contributed by atoms with Gasteiger partial charge in [0.25, 0.3) is 17.9 Å². The molecule has 44 heavy (non-hydrogen) atoms. The van der Waals surface area contributed by atoms with E-state index in [4.69, 9.17) is 25.6 Å². The number of nitrogens with two attached hydrogens (primary N) is 2. The first kappa shape index (κ1) is 32.9. The van der Waals surface area contributed by atoms with E-state index in [9.17, 15) is 27.9 Å². The van der Waals surface area contributed by atoms with E-state index in [1.54, 1.807) is 18.2 Å². The molecule has 0 aliphatic carbocycles. The smallest absolute Gasteiger partial charge is 0.418 e. The van der Waals surface area contributed by atoms with E-state index in [0.717, 1.165) is 23.5 Å². The zero-order valence-electron chi connectivity index (χ0n) is 23.1. The maximum absolute atomic E-state index is 13.2. The van der Waals surface area contributed by atoms with Crippen molar-refractivity contribution in [1.29, 1.82) is 0 Å². The Balaban J connectivity index is 1.46. The molecule has 1 aliphatic heterocycles. The second-order valence-corrected chi connectivity index (χ2v) is 12.6. The molecule has 0 radical (unpaired) electrons. The number of aromatic amines is 1. The second-order valence-electron chi connectivity index (χ2n) is 9.66. The van der Waals surface area contributed by atoms with Gasteiger partial charge in [0.15, 0.2) is 16.0 Å². The van der Waals surface area contributed by atoms with Crippen LogP contribution in [0.3, 0.4) is 0 Å². The monoisotopic (exact) mass is 672 g/mol. The zero-order valence-corrected chi connectivity index (χ0v) is 25.6. The van der Waals surface area contributed by atoms with E-state index in [1.165, 1.54) is 31.0 Å². The number of rotatable bonds is 15. The van der Waals surface area contributed by atoms with Gasteiger partial charge < -0.3 is 36.4 Å². The van der Waals surface area contributed by atoms with Crippen LogP contribution in [0, 0.1) is 0 Å². The number of β-lactam (4-membered cyclic amide) rings is 1. The van der Waals surface area contributed by atoms with Crippen molar-refractivity contribution in [2.45, 2.75) is 43.1 Å². The molecule has 8 N–H and O–H groups in total. The first-order valence-corrected chi connectivity index (χ1v) is 15.9. The van der Waals surface area contributed by atoms with Gasteiger partial charge in [-0.25, -0.2) is 14.8 Å². The Bertz CT molecular complexity index is 1690. The highest BCUT2D eigenvalue weighted by atomic mass is 32.3. The number of fused-ring (bicyclic) bond motifs is 1. The molecule has 0 spiro atoms. The standard InChI is InChI=1S/C23H28N8O10S3/c1-23(2)17(19(33)31(23)41-44(36,37)38)29-18(32)16(14-10-43-21(25)26-14)30-40-15(20(34)35)9-39-11-4-5-12-13(8-11)28-22(27-12)42-7-3-6-24/h4-5,8,10,15,17H,3,6-7,9,24H2,1-2H3,(H2,25,26)(H,27,28)(H,29,32)(H,34,35)(H,36,37,38). The molecule has 3 heterocycles. The number of thiazole rings is 1. The number of nitrogen functional groups attached to an aromatic ring is 1. The molecular weight excluding hydrogens is 645 g/mol. The molecule has 1 aromatic carbocycles. The molecule has 2 unspecified atom stereocenters. The number of carboxylic acid groups (broad SMARTS) is 1. The van der Waals surface area contributed by atoms with Gasteiger partial charge in [0.05, 0.1) is 16.6 Å². The normalized spacial score (nSPS) is 17.3. The number of benzene rings is 1. The summed E-state index contributed by atoms with van der Waals surface area (Å²) in [6.45, 7) is 2.77. The topological polar surface area (TPSA) is 275 Å². The number of anilines is 1. The third-order valence-corrected chi connectivity index (χ3v) is 8.04. The van der Waals surface area contributed by atoms with E-state index in [0.29, 0.717) is 33.5 Å². The van der Waals surface area contributed by atoms with Crippen LogP contribution in [0.4, 0.5) is 5.13 Å². The van der Waals surface area contributed by atoms with Gasteiger partial charge in [-0.3, -0.25) is 14.1 Å². The molecule has 2 amide bonds. The predicted octanol–water partition coefficient (Wildman–Crippen LogP) is 0.135. The lowest BCUT2D eigenvalue weighted by Crippen LogP contribution is -2.76. The van der Waals surface area contributed by atoms with Gasteiger partial charge >= 0.3 is 16.4 Å². The number of ether oxygens (including phenoxy) is 1. The fourth-order valence-corrected chi connectivity index (χ4v) is 5.68. The van der Waals surface area contributed by atoms with Crippen molar-refractivity contribution in [2.75, 3.05) is 24.6 Å². The van der Waals surface area contributed by atoms with Gasteiger partial charge in [0.2, 0.25) is 0 Å². The number of carbonyl (C=O) groups is 3. The van der Waals surface area contributed by atoms with Gasteiger partial charge in [-0.2, -0.15) is 13.5 Å². The molecule has 4 rings (SSSR count). The number of carbonyl (C=O) groups excluding carboxylic acids is 2. The van der Waals surface area contributed by atoms with Crippen molar-refractivity contribution in [3.8, 4) is 5.75 Å². The number of oxime groups is 1. The number of nitrogens with zero attached hydrogens (tertiary/aromatic N) is 4. The molecule has 2 atom stereocenters. The van der Waals surface area contributed by atoms with Crippen molar-refractivity contribution < 1.29 is 46.3 Å². The van der Waals surface area contributed by atoms with Crippen LogP contribution in [0.15, 0.2) is 33.9 Å². The number of carboxylic acids is 1. The SMILES string of the molecule is CC1(C)C(NC(=O)C(=NOC(COc2ccc3nc(SCCCN)[nH]c3c2)C(=O)O)c2csc(N)n2)C(=O)N1OS(=O)(=O)O. The summed E-state index contributed by atoms with van der Waals surface area (Å²) >= 11 is 2.47. The minimum absolute atomic E-state index is 0.0570. The summed E-state index contributed by atoms with van der Waals surface area (Å²) in [6, 6.07) is 3.61. The first-order chi connectivity index (χ1) is 20.7. The van der Waals surface area contributed by atoms with Crippen molar-refractivity contribution in [2.24, 2.45) is 10.9 Å². The lowest BCUT2D eigenvalue weighted by molar-refractivity contribution is -0.218. The van der Waals surface area contributed by atoms with Gasteiger partial charge in [-0.05, 0) is 38.9 Å². The van der Waals surface area contributed by atoms with Crippen LogP contribution in [-0.2, 0) is 33.9 Å². The highest BCUT2D eigenvalue weighted by Crippen LogP contribution is 2.33. The molecule has 18 nitrogen and oxygen atoms in total. The quantitative estimate of drug-likeness (QED) is 0.0313. The van der Waals surface area contributed by atoms with Crippen LogP contribution in [0.1, 0.15) is 26.0 Å². The number of H-pyrrole nitrogens is 1. The van der Waals surface area contributed by atoms with Crippen LogP contribution in [0.25, 0.3) is 11.0 Å². The van der Waals surface area contributed by atoms with Crippen molar-refractivity contribution in [1.82, 2.24) is 25.3 Å². The fourth-order valence-electron chi connectivity index (χ4n) is 3.83. The van der Waals surface area contributed by atoms with Crippen molar-refractivity contribution >= 4 is 73.2 Å². The first-order valence-electron chi connectivity index (χ1n) is 12.6. The van der Waals surface area contributed by atoms with Crippen LogP contribution >= 0.6 is 23.1 Å². The van der Waals surface area contributed by atoms with E-state index in [-0.39, 0.29) is 10.8 Å². The number of nitrogens with one attached hydrogen (secondary N) is 2. The van der Waals surface area contributed by atoms with Crippen molar-refractivity contribution in [3.05, 3.63) is 29.3 Å². The Morgan fingerprint density at radius 2 is 2.09 bits per heavy atom. The van der Waals surface area contributed by atoms with Gasteiger partial charge in [-0.1, -0.05) is 16.9 Å². The number of amides is 2. The molecule has 0 bridgehead atoms. The summed E-state index contributed by atoms with van der Waals surface area (Å²) in [7, 11) is -5.01. The average molecular weight is 673 g/mol. The van der Waals surface area contributed by atoms with Crippen LogP contribution in [-0.4, -0.2) is 98.2 Å². The van der Waals surface area contributed by atoms with E-state index >= 15 is 0 Å². The van der Waals surface area contributed by atoms with E-state index < -0.39 is 58.2 Å². The molecule has 3 aromatic rings. The number of aromatic nitrogens is 3. The second kappa shape index (κ2) is 13.3. The molecule has 21 heteroatoms. The lowest BCUT2D eigenvalue weighted by Gasteiger charge is -2.50. The zero-order chi connectivity index (χ0) is 32.2. The number of hydrogen-bond donors (Lipinski definition) is 6. The van der Waals surface area contributed by atoms with Crippen molar-refractivity contribution in [3.63, 3.8) is 0 Å². The highest BCUT2D eigenvalue weighted by Gasteiger charge is 2.58. The molecule has 1 saturated heterocycles. The van der Waals surface area contributed by atoms with Gasteiger partial charge in [0, 0.05) is 17.2 Å². The Labute approximate surface area is 258 Å². The van der Waals surface area contributed by atoms with E-state index in [2.05, 4.69) is 29.7 Å². The number of hydrogen-bond acceptors (Lipinski definition) is 15. The fraction of sp³-hybridized carbons (Fsp3) is 0.391. The van der Waals surface area contributed by atoms with Crippen LogP contribution < -0.4 is 21.5 Å². The Kier molecular flexibility index (Phi) is 9.95. The van der Waals surface area contributed by atoms with Gasteiger partial charge in [-0.15, -0.1) is 15.6 Å². The summed E-state index contributed by atoms with van der Waals surface area (Å²) in [6.07, 6.45) is -0.857. The number of hydroxylamine groups is 2. The maximum Gasteiger partial charge on any atom is 0.418 e. The van der Waals surface area contributed by atoms with Crippen LogP contribution in [0.2, 0.25) is 0 Å². The highest BCUT2D eigenvalue weighted by molar-refractivity contribution is 7.99. The summed E-state index contributed by atoms with van der Waals surface area (Å²) in [5.41, 5.74) is 10.5. The molecule has 1 fully saturated rings. The molecule has 1 aliphatic rings. The summed E-state index contributed by atoms with van der Waals surface area (Å²) in [5.74, 6) is -2.37. The number of thioether (sulfide) groups is 1. The average Bonchev–Trinajstić information content (AvgIpc) is 3.56. The maximum atomic E-state index is 13.2. The summed E-state index contributed by atoms with van der Waals surface area (Å²) in [4.78, 5) is 54.3. The lowest BCUT2D eigenvalue weighted by atomic mass is 9.84. The van der Waals surface area contributed by atoms with Gasteiger partial charge in [0.1, 0.15) is 24.1 Å². The Morgan fingerprint density at radius 1 is 1.34 bits per heavy atom. The summed E-state index contributed by atoms with van der Waals surface area (Å²) in [5, 5.41) is 18.3. The minimum atomic E-state index is -5.01. The Hall–Kier alpha value is -4.02. The minimum Gasteiger partial charge on any atom is -0.489 e. The molecular formula is C23H28N8O10S3. The largest absolute Gasteiger partial charge is 0.489 e. The molecule has 2 aromatic heterocycles. The third kappa shape index (κ3) is 7.73. The number of aliphatic carboxylic acids is 1. The number of imidazole rings is 1. The van der Waals surface area contributed by atoms with E-state index in [1.807, 2.05) is 0 Å². The molecule has 0 saturated carbocycles.